The zero-order valence-electron chi connectivity index (χ0n) is 9.66. The predicted molar refractivity (Wildman–Crippen MR) is 72.3 cm³/mol. The van der Waals surface area contributed by atoms with Gasteiger partial charge in [0.25, 0.3) is 0 Å². The maximum atomic E-state index is 11.2. The second-order valence-corrected chi connectivity index (χ2v) is 5.94. The Morgan fingerprint density at radius 3 is 2.76 bits per heavy atom. The highest BCUT2D eigenvalue weighted by Crippen LogP contribution is 2.34. The van der Waals surface area contributed by atoms with Crippen LogP contribution in [-0.4, -0.2) is 11.1 Å². The first-order valence-electron chi connectivity index (χ1n) is 5.43. The van der Waals surface area contributed by atoms with Gasteiger partial charge in [-0.1, -0.05) is 25.4 Å². The van der Waals surface area contributed by atoms with Crippen molar-refractivity contribution in [2.45, 2.75) is 20.3 Å². The molecule has 0 bridgehead atoms. The number of fused-ring (bicyclic) bond motifs is 1. The Bertz CT molecular complexity index is 572. The normalized spacial score (nSPS) is 11.3. The van der Waals surface area contributed by atoms with Gasteiger partial charge in [0.1, 0.15) is 4.88 Å². The second-order valence-electron chi connectivity index (χ2n) is 4.45. The van der Waals surface area contributed by atoms with E-state index in [0.29, 0.717) is 15.8 Å². The maximum Gasteiger partial charge on any atom is 0.346 e. The summed E-state index contributed by atoms with van der Waals surface area (Å²) >= 11 is 7.30. The molecule has 0 radical (unpaired) electrons. The van der Waals surface area contributed by atoms with Crippen LogP contribution in [-0.2, 0) is 6.42 Å². The molecule has 0 spiro atoms. The van der Waals surface area contributed by atoms with Crippen molar-refractivity contribution in [2.24, 2.45) is 5.92 Å². The van der Waals surface area contributed by atoms with E-state index in [9.17, 15) is 9.90 Å². The van der Waals surface area contributed by atoms with Gasteiger partial charge in [0.15, 0.2) is 0 Å². The molecule has 4 heteroatoms. The lowest BCUT2D eigenvalue weighted by molar-refractivity contribution is 0.0701. The Kier molecular flexibility index (Phi) is 3.40. The minimum Gasteiger partial charge on any atom is -0.477 e. The van der Waals surface area contributed by atoms with E-state index in [-0.39, 0.29) is 0 Å². The molecule has 0 saturated heterocycles. The first kappa shape index (κ1) is 12.4. The van der Waals surface area contributed by atoms with Gasteiger partial charge in [0.05, 0.1) is 0 Å². The third-order valence-electron chi connectivity index (χ3n) is 2.56. The summed E-state index contributed by atoms with van der Waals surface area (Å²) in [4.78, 5) is 11.7. The largest absolute Gasteiger partial charge is 0.477 e. The number of carboxylic acid groups (broad SMARTS) is 1. The summed E-state index contributed by atoms with van der Waals surface area (Å²) in [7, 11) is 0. The molecule has 0 amide bonds. The summed E-state index contributed by atoms with van der Waals surface area (Å²) in [6.07, 6.45) is 0.766. The number of hydrogen-bond acceptors (Lipinski definition) is 2. The van der Waals surface area contributed by atoms with Gasteiger partial charge in [-0.2, -0.15) is 0 Å². The first-order valence-corrected chi connectivity index (χ1v) is 6.62. The van der Waals surface area contributed by atoms with E-state index in [1.807, 2.05) is 12.1 Å². The Hall–Kier alpha value is -1.06. The Balaban J connectivity index is 2.68. The van der Waals surface area contributed by atoms with E-state index in [0.717, 1.165) is 22.1 Å². The molecular weight excluding hydrogens is 256 g/mol. The third-order valence-corrected chi connectivity index (χ3v) is 4.00. The summed E-state index contributed by atoms with van der Waals surface area (Å²) in [6, 6.07) is 5.54. The van der Waals surface area contributed by atoms with Gasteiger partial charge in [-0.15, -0.1) is 11.3 Å². The van der Waals surface area contributed by atoms with Gasteiger partial charge >= 0.3 is 5.97 Å². The molecule has 1 aromatic heterocycles. The molecule has 2 aromatic rings. The maximum absolute atomic E-state index is 11.2. The fraction of sp³-hybridized carbons (Fsp3) is 0.308. The molecule has 0 aliphatic heterocycles. The van der Waals surface area contributed by atoms with E-state index in [2.05, 4.69) is 13.8 Å². The quantitative estimate of drug-likeness (QED) is 0.893. The smallest absolute Gasteiger partial charge is 0.346 e. The summed E-state index contributed by atoms with van der Waals surface area (Å²) < 4.78 is 0.988. The van der Waals surface area contributed by atoms with Crippen LogP contribution in [0.5, 0.6) is 0 Å². The Morgan fingerprint density at radius 2 is 2.18 bits per heavy atom. The van der Waals surface area contributed by atoms with Crippen LogP contribution < -0.4 is 0 Å². The summed E-state index contributed by atoms with van der Waals surface area (Å²) in [6.45, 7) is 4.17. The molecule has 0 fully saturated rings. The molecule has 0 aliphatic rings. The van der Waals surface area contributed by atoms with Gasteiger partial charge in [-0.25, -0.2) is 4.79 Å². The van der Waals surface area contributed by atoms with Gasteiger partial charge in [-0.05, 0) is 41.5 Å². The summed E-state index contributed by atoms with van der Waals surface area (Å²) in [5.41, 5.74) is 0.912. The predicted octanol–water partition coefficient (Wildman–Crippen LogP) is 4.45. The van der Waals surface area contributed by atoms with Crippen molar-refractivity contribution in [2.75, 3.05) is 0 Å². The van der Waals surface area contributed by atoms with E-state index in [1.165, 1.54) is 11.3 Å². The van der Waals surface area contributed by atoms with Crippen molar-refractivity contribution >= 4 is 39.0 Å². The van der Waals surface area contributed by atoms with Crippen molar-refractivity contribution in [3.8, 4) is 0 Å². The molecule has 0 saturated carbocycles. The van der Waals surface area contributed by atoms with Crippen LogP contribution in [0.2, 0.25) is 5.02 Å². The van der Waals surface area contributed by atoms with Crippen LogP contribution in [0, 0.1) is 5.92 Å². The van der Waals surface area contributed by atoms with E-state index in [4.69, 9.17) is 11.6 Å². The summed E-state index contributed by atoms with van der Waals surface area (Å²) in [5, 5.41) is 10.9. The lowest BCUT2D eigenvalue weighted by Gasteiger charge is -2.05. The average Bonchev–Trinajstić information content (AvgIpc) is 2.56. The van der Waals surface area contributed by atoms with Crippen LogP contribution >= 0.6 is 22.9 Å². The van der Waals surface area contributed by atoms with Gasteiger partial charge in [0, 0.05) is 9.72 Å². The van der Waals surface area contributed by atoms with E-state index >= 15 is 0 Å². The van der Waals surface area contributed by atoms with Crippen LogP contribution in [0.15, 0.2) is 18.2 Å². The Labute approximate surface area is 109 Å². The number of hydrogen-bond donors (Lipinski definition) is 1. The van der Waals surface area contributed by atoms with Crippen LogP contribution in [0.25, 0.3) is 10.1 Å². The average molecular weight is 269 g/mol. The first-order chi connectivity index (χ1) is 7.99. The molecule has 1 N–H and O–H groups in total. The fourth-order valence-corrected chi connectivity index (χ4v) is 3.13. The summed E-state index contributed by atoms with van der Waals surface area (Å²) in [5.74, 6) is -0.428. The number of benzene rings is 1. The minimum absolute atomic E-state index is 0.421. The monoisotopic (exact) mass is 268 g/mol. The van der Waals surface area contributed by atoms with Crippen molar-refractivity contribution in [1.29, 1.82) is 0 Å². The van der Waals surface area contributed by atoms with Crippen LogP contribution in [0.1, 0.15) is 29.1 Å². The molecule has 0 unspecified atom stereocenters. The molecule has 1 aromatic carbocycles. The Morgan fingerprint density at radius 1 is 1.47 bits per heavy atom. The van der Waals surface area contributed by atoms with E-state index < -0.39 is 5.97 Å². The number of carboxylic acids is 1. The van der Waals surface area contributed by atoms with Gasteiger partial charge in [0.2, 0.25) is 0 Å². The lowest BCUT2D eigenvalue weighted by Crippen LogP contribution is -2.01. The molecular formula is C13H13ClO2S. The molecule has 2 rings (SSSR count). The molecule has 0 atom stereocenters. The third kappa shape index (κ3) is 2.45. The van der Waals surface area contributed by atoms with Crippen LogP contribution in [0.4, 0.5) is 0 Å². The molecule has 17 heavy (non-hydrogen) atoms. The topological polar surface area (TPSA) is 37.3 Å². The SMILES string of the molecule is CC(C)Cc1c(C(=O)O)sc2ccc(Cl)cc12. The minimum atomic E-state index is -0.849. The van der Waals surface area contributed by atoms with Crippen molar-refractivity contribution in [3.05, 3.63) is 33.7 Å². The van der Waals surface area contributed by atoms with Crippen molar-refractivity contribution in [1.82, 2.24) is 0 Å². The van der Waals surface area contributed by atoms with Gasteiger partial charge in [-0.3, -0.25) is 0 Å². The van der Waals surface area contributed by atoms with Gasteiger partial charge < -0.3 is 5.11 Å². The van der Waals surface area contributed by atoms with Crippen LogP contribution in [0.3, 0.4) is 0 Å². The lowest BCUT2D eigenvalue weighted by atomic mass is 10.00. The second kappa shape index (κ2) is 4.67. The zero-order valence-corrected chi connectivity index (χ0v) is 11.2. The highest BCUT2D eigenvalue weighted by Gasteiger charge is 2.18. The fourth-order valence-electron chi connectivity index (χ4n) is 1.90. The number of rotatable bonds is 3. The molecule has 0 aliphatic carbocycles. The standard InChI is InChI=1S/C13H13ClO2S/c1-7(2)5-10-9-6-8(14)3-4-11(9)17-12(10)13(15)16/h3-4,6-7H,5H2,1-2H3,(H,15,16). The molecule has 2 nitrogen and oxygen atoms in total. The van der Waals surface area contributed by atoms with Crippen molar-refractivity contribution in [3.63, 3.8) is 0 Å². The number of thiophene rings is 1. The molecule has 90 valence electrons. The number of carbonyl (C=O) groups is 1. The highest BCUT2D eigenvalue weighted by atomic mass is 35.5. The number of halogens is 1. The zero-order chi connectivity index (χ0) is 12.6. The van der Waals surface area contributed by atoms with Crippen molar-refractivity contribution < 1.29 is 9.90 Å². The highest BCUT2D eigenvalue weighted by molar-refractivity contribution is 7.21. The number of aromatic carboxylic acids is 1. The van der Waals surface area contributed by atoms with E-state index in [1.54, 1.807) is 6.07 Å². The molecule has 1 heterocycles.